The number of aromatic nitrogens is 2. The van der Waals surface area contributed by atoms with Crippen LogP contribution in [0, 0.1) is 13.8 Å². The minimum atomic E-state index is -0.107. The van der Waals surface area contributed by atoms with E-state index in [-0.39, 0.29) is 17.7 Å². The zero-order valence-corrected chi connectivity index (χ0v) is 19.0. The predicted octanol–water partition coefficient (Wildman–Crippen LogP) is 3.33. The maximum Gasteiger partial charge on any atom is 0.289 e. The molecule has 1 unspecified atom stereocenters. The van der Waals surface area contributed by atoms with Crippen molar-refractivity contribution in [1.29, 1.82) is 0 Å². The molecule has 1 atom stereocenters. The zero-order chi connectivity index (χ0) is 22.9. The summed E-state index contributed by atoms with van der Waals surface area (Å²) >= 11 is 0. The molecule has 33 heavy (non-hydrogen) atoms. The van der Waals surface area contributed by atoms with Crippen molar-refractivity contribution in [1.82, 2.24) is 19.8 Å². The lowest BCUT2D eigenvalue weighted by molar-refractivity contribution is 0.0301. The van der Waals surface area contributed by atoms with Crippen molar-refractivity contribution in [3.8, 4) is 0 Å². The van der Waals surface area contributed by atoms with Crippen LogP contribution in [0.5, 0.6) is 0 Å². The second-order valence-electron chi connectivity index (χ2n) is 8.87. The van der Waals surface area contributed by atoms with Gasteiger partial charge >= 0.3 is 0 Å². The average molecular weight is 449 g/mol. The Morgan fingerprint density at radius 2 is 1.85 bits per heavy atom. The van der Waals surface area contributed by atoms with Gasteiger partial charge in [0.05, 0.1) is 24.5 Å². The van der Waals surface area contributed by atoms with Gasteiger partial charge in [0, 0.05) is 43.7 Å². The molecule has 2 fully saturated rings. The molecule has 8 nitrogen and oxygen atoms in total. The molecule has 2 aromatic heterocycles. The Kier molecular flexibility index (Phi) is 5.85. The number of aryl methyl sites for hydroxylation is 2. The van der Waals surface area contributed by atoms with Crippen molar-refractivity contribution in [3.05, 3.63) is 58.9 Å². The first-order valence-corrected chi connectivity index (χ1v) is 11.5. The topological polar surface area (TPSA) is 88.8 Å². The third-order valence-electron chi connectivity index (χ3n) is 6.48. The first-order valence-electron chi connectivity index (χ1n) is 11.5. The van der Waals surface area contributed by atoms with Gasteiger partial charge in [-0.05, 0) is 44.9 Å². The molecular weight excluding hydrogens is 420 g/mol. The molecule has 0 aliphatic carbocycles. The Morgan fingerprint density at radius 3 is 2.64 bits per heavy atom. The van der Waals surface area contributed by atoms with E-state index in [0.717, 1.165) is 29.4 Å². The van der Waals surface area contributed by atoms with Crippen LogP contribution in [0.25, 0.3) is 11.0 Å². The Morgan fingerprint density at radius 1 is 1.03 bits per heavy atom. The third-order valence-corrected chi connectivity index (χ3v) is 6.48. The van der Waals surface area contributed by atoms with E-state index in [2.05, 4.69) is 9.97 Å². The highest BCUT2D eigenvalue weighted by atomic mass is 16.5. The maximum absolute atomic E-state index is 13.1. The van der Waals surface area contributed by atoms with Crippen LogP contribution in [0.1, 0.15) is 56.8 Å². The lowest BCUT2D eigenvalue weighted by Gasteiger charge is -2.31. The summed E-state index contributed by atoms with van der Waals surface area (Å²) in [6, 6.07) is 7.72. The van der Waals surface area contributed by atoms with Gasteiger partial charge in [-0.2, -0.15) is 0 Å². The quantitative estimate of drug-likeness (QED) is 0.611. The van der Waals surface area contributed by atoms with Gasteiger partial charge < -0.3 is 19.0 Å². The van der Waals surface area contributed by atoms with Crippen LogP contribution in [0.15, 0.2) is 34.9 Å². The van der Waals surface area contributed by atoms with E-state index in [0.29, 0.717) is 62.2 Å². The monoisotopic (exact) mass is 448 g/mol. The van der Waals surface area contributed by atoms with Gasteiger partial charge in [0.25, 0.3) is 11.8 Å². The van der Waals surface area contributed by atoms with Crippen molar-refractivity contribution in [2.24, 2.45) is 0 Å². The highest BCUT2D eigenvalue weighted by Gasteiger charge is 2.30. The second kappa shape index (κ2) is 8.94. The Hall–Kier alpha value is -3.26. The van der Waals surface area contributed by atoms with E-state index >= 15 is 0 Å². The molecule has 3 aromatic rings. The second-order valence-corrected chi connectivity index (χ2v) is 8.87. The van der Waals surface area contributed by atoms with E-state index in [4.69, 9.17) is 9.15 Å². The minimum Gasteiger partial charge on any atom is -0.451 e. The summed E-state index contributed by atoms with van der Waals surface area (Å²) in [4.78, 5) is 38.8. The van der Waals surface area contributed by atoms with E-state index in [1.807, 2.05) is 43.0 Å². The Labute approximate surface area is 192 Å². The van der Waals surface area contributed by atoms with Crippen LogP contribution in [0.2, 0.25) is 0 Å². The van der Waals surface area contributed by atoms with E-state index in [1.165, 1.54) is 0 Å². The van der Waals surface area contributed by atoms with Crippen molar-refractivity contribution in [2.75, 3.05) is 39.4 Å². The van der Waals surface area contributed by atoms with Crippen molar-refractivity contribution >= 4 is 22.8 Å². The average Bonchev–Trinajstić information content (AvgIpc) is 3.27. The number of amides is 2. The molecule has 0 saturated carbocycles. The van der Waals surface area contributed by atoms with Gasteiger partial charge in [0.15, 0.2) is 5.76 Å². The largest absolute Gasteiger partial charge is 0.451 e. The molecule has 0 N–H and O–H groups in total. The summed E-state index contributed by atoms with van der Waals surface area (Å²) in [5.41, 5.74) is 3.05. The summed E-state index contributed by atoms with van der Waals surface area (Å²) < 4.78 is 11.2. The lowest BCUT2D eigenvalue weighted by Crippen LogP contribution is -2.41. The molecule has 8 heteroatoms. The summed E-state index contributed by atoms with van der Waals surface area (Å²) in [7, 11) is 0. The van der Waals surface area contributed by atoms with Gasteiger partial charge in [0.2, 0.25) is 0 Å². The molecule has 2 amide bonds. The summed E-state index contributed by atoms with van der Waals surface area (Å²) in [6.07, 6.45) is 3.41. The van der Waals surface area contributed by atoms with E-state index < -0.39 is 0 Å². The number of hydrogen-bond acceptors (Lipinski definition) is 6. The predicted molar refractivity (Wildman–Crippen MR) is 122 cm³/mol. The number of ether oxygens (including phenoxy) is 1. The number of benzene rings is 1. The number of nitrogens with zero attached hydrogens (tertiary/aromatic N) is 4. The molecule has 2 saturated heterocycles. The van der Waals surface area contributed by atoms with E-state index in [9.17, 15) is 9.59 Å². The van der Waals surface area contributed by atoms with E-state index in [1.54, 1.807) is 11.1 Å². The van der Waals surface area contributed by atoms with Crippen LogP contribution >= 0.6 is 0 Å². The number of fused-ring (bicyclic) bond motifs is 1. The third kappa shape index (κ3) is 4.35. The summed E-state index contributed by atoms with van der Waals surface area (Å²) in [6.45, 7) is 7.36. The van der Waals surface area contributed by atoms with Crippen LogP contribution in [-0.4, -0.2) is 71.0 Å². The molecule has 2 aliphatic rings. The highest BCUT2D eigenvalue weighted by molar-refractivity contribution is 5.96. The molecule has 4 heterocycles. The van der Waals surface area contributed by atoms with Crippen LogP contribution < -0.4 is 0 Å². The normalized spacial score (nSPS) is 19.2. The number of piperidine rings is 1. The molecule has 0 radical (unpaired) electrons. The molecule has 0 bridgehead atoms. The summed E-state index contributed by atoms with van der Waals surface area (Å²) in [5.74, 6) is 0.913. The first kappa shape index (κ1) is 21.6. The number of carbonyl (C=O) groups is 2. The number of morpholine rings is 1. The highest BCUT2D eigenvalue weighted by Crippen LogP contribution is 2.28. The molecule has 5 rings (SSSR count). The van der Waals surface area contributed by atoms with Gasteiger partial charge in [-0.3, -0.25) is 9.59 Å². The Balaban J connectivity index is 1.31. The lowest BCUT2D eigenvalue weighted by atomic mass is 9.96. The maximum atomic E-state index is 13.1. The molecule has 2 aliphatic heterocycles. The SMILES string of the molecule is Cc1ccc2oc(C(=O)N3CCCC(c4ncc(C(=O)N5CCOCC5)c(C)n4)C3)cc2c1. The molecule has 1 aromatic carbocycles. The fourth-order valence-corrected chi connectivity index (χ4v) is 4.62. The molecule has 172 valence electrons. The number of hydrogen-bond donors (Lipinski definition) is 0. The number of likely N-dealkylation sites (tertiary alicyclic amines) is 1. The van der Waals surface area contributed by atoms with Crippen molar-refractivity contribution in [3.63, 3.8) is 0 Å². The number of carbonyl (C=O) groups excluding carboxylic acids is 2. The van der Waals surface area contributed by atoms with Crippen molar-refractivity contribution < 1.29 is 18.7 Å². The number of rotatable bonds is 3. The molecular formula is C25H28N4O4. The van der Waals surface area contributed by atoms with Gasteiger partial charge in [0.1, 0.15) is 11.4 Å². The first-order chi connectivity index (χ1) is 16.0. The standard InChI is InChI=1S/C25H28N4O4/c1-16-5-6-21-19(12-16)13-22(33-21)25(31)29-7-3-4-18(15-29)23-26-14-20(17(2)27-23)24(30)28-8-10-32-11-9-28/h5-6,12-14,18H,3-4,7-11,15H2,1-2H3. The van der Waals surface area contributed by atoms with Crippen LogP contribution in [-0.2, 0) is 4.74 Å². The molecule has 0 spiro atoms. The van der Waals surface area contributed by atoms with Gasteiger partial charge in [-0.1, -0.05) is 11.6 Å². The summed E-state index contributed by atoms with van der Waals surface area (Å²) in [5, 5.41) is 0.936. The van der Waals surface area contributed by atoms with Gasteiger partial charge in [-0.15, -0.1) is 0 Å². The fraction of sp³-hybridized carbons (Fsp3) is 0.440. The zero-order valence-electron chi connectivity index (χ0n) is 19.0. The fourth-order valence-electron chi connectivity index (χ4n) is 4.62. The Bertz CT molecular complexity index is 1200. The smallest absolute Gasteiger partial charge is 0.289 e. The van der Waals surface area contributed by atoms with Crippen LogP contribution in [0.3, 0.4) is 0 Å². The number of furan rings is 1. The van der Waals surface area contributed by atoms with Gasteiger partial charge in [-0.25, -0.2) is 9.97 Å². The minimum absolute atomic E-state index is 0.0283. The van der Waals surface area contributed by atoms with Crippen molar-refractivity contribution in [2.45, 2.75) is 32.6 Å². The van der Waals surface area contributed by atoms with Crippen LogP contribution in [0.4, 0.5) is 0 Å².